The van der Waals surface area contributed by atoms with Gasteiger partial charge in [-0.2, -0.15) is 0 Å². The van der Waals surface area contributed by atoms with Crippen molar-refractivity contribution < 1.29 is 9.18 Å². The maximum absolute atomic E-state index is 12.9. The van der Waals surface area contributed by atoms with E-state index in [2.05, 4.69) is 15.6 Å². The van der Waals surface area contributed by atoms with E-state index in [4.69, 9.17) is 0 Å². The first-order valence-electron chi connectivity index (χ1n) is 9.03. The number of carbonyl (C=O) groups is 1. The Morgan fingerprint density at radius 3 is 2.39 bits per heavy atom. The highest BCUT2D eigenvalue weighted by Gasteiger charge is 2.07. The standard InChI is InChI=1S/C22H23FN4O/c1-27(2)21-9-7-19(8-10-21)26-20-13-17(14-24-15-20)22(28)25-12-11-16-3-5-18(23)6-4-16/h3-10,13-15,26H,11-12H2,1-2H3,(H,25,28). The van der Waals surface area contributed by atoms with Gasteiger partial charge in [0.25, 0.3) is 5.91 Å². The van der Waals surface area contributed by atoms with Crippen molar-refractivity contribution in [3.05, 3.63) is 83.9 Å². The normalized spacial score (nSPS) is 10.4. The lowest BCUT2D eigenvalue weighted by atomic mass is 10.1. The summed E-state index contributed by atoms with van der Waals surface area (Å²) in [5.41, 5.74) is 4.22. The number of benzene rings is 2. The van der Waals surface area contributed by atoms with Crippen LogP contribution < -0.4 is 15.5 Å². The minimum atomic E-state index is -0.264. The van der Waals surface area contributed by atoms with Crippen LogP contribution in [-0.4, -0.2) is 31.5 Å². The molecule has 0 aliphatic rings. The molecule has 5 nitrogen and oxygen atoms in total. The van der Waals surface area contributed by atoms with Crippen molar-refractivity contribution in [3.63, 3.8) is 0 Å². The number of hydrogen-bond donors (Lipinski definition) is 2. The summed E-state index contributed by atoms with van der Waals surface area (Å²) in [6.07, 6.45) is 3.85. The highest BCUT2D eigenvalue weighted by molar-refractivity contribution is 5.94. The summed E-state index contributed by atoms with van der Waals surface area (Å²) in [4.78, 5) is 18.5. The molecule has 1 aromatic heterocycles. The molecule has 0 atom stereocenters. The molecule has 0 saturated carbocycles. The van der Waals surface area contributed by atoms with E-state index in [9.17, 15) is 9.18 Å². The minimum absolute atomic E-state index is 0.193. The van der Waals surface area contributed by atoms with E-state index in [0.29, 0.717) is 18.5 Å². The van der Waals surface area contributed by atoms with Crippen molar-refractivity contribution in [1.29, 1.82) is 0 Å². The number of halogens is 1. The lowest BCUT2D eigenvalue weighted by Crippen LogP contribution is -2.25. The second-order valence-electron chi connectivity index (χ2n) is 6.66. The first kappa shape index (κ1) is 19.4. The topological polar surface area (TPSA) is 57.3 Å². The molecular formula is C22H23FN4O. The van der Waals surface area contributed by atoms with Gasteiger partial charge in [0.1, 0.15) is 5.82 Å². The summed E-state index contributed by atoms with van der Waals surface area (Å²) >= 11 is 0. The van der Waals surface area contributed by atoms with E-state index in [0.717, 1.165) is 22.6 Å². The van der Waals surface area contributed by atoms with Gasteiger partial charge in [0, 0.05) is 38.2 Å². The van der Waals surface area contributed by atoms with Crippen LogP contribution in [0.4, 0.5) is 21.5 Å². The number of amides is 1. The fourth-order valence-corrected chi connectivity index (χ4v) is 2.72. The molecule has 144 valence electrons. The molecule has 0 spiro atoms. The van der Waals surface area contributed by atoms with E-state index >= 15 is 0 Å². The molecule has 0 unspecified atom stereocenters. The fraction of sp³-hybridized carbons (Fsp3) is 0.182. The van der Waals surface area contributed by atoms with Gasteiger partial charge in [-0.3, -0.25) is 9.78 Å². The molecule has 1 heterocycles. The second-order valence-corrected chi connectivity index (χ2v) is 6.66. The molecule has 28 heavy (non-hydrogen) atoms. The number of nitrogens with one attached hydrogen (secondary N) is 2. The average molecular weight is 378 g/mol. The molecule has 6 heteroatoms. The van der Waals surface area contributed by atoms with E-state index in [-0.39, 0.29) is 11.7 Å². The first-order chi connectivity index (χ1) is 13.5. The van der Waals surface area contributed by atoms with Crippen LogP contribution in [0.2, 0.25) is 0 Å². The third kappa shape index (κ3) is 5.30. The van der Waals surface area contributed by atoms with E-state index in [1.54, 1.807) is 24.4 Å². The van der Waals surface area contributed by atoms with Crippen molar-refractivity contribution >= 4 is 23.0 Å². The van der Waals surface area contributed by atoms with Crippen molar-refractivity contribution in [2.45, 2.75) is 6.42 Å². The van der Waals surface area contributed by atoms with Crippen molar-refractivity contribution in [2.24, 2.45) is 0 Å². The van der Waals surface area contributed by atoms with Crippen LogP contribution in [0.15, 0.2) is 67.0 Å². The Kier molecular flexibility index (Phi) is 6.22. The molecule has 1 amide bonds. The zero-order valence-corrected chi connectivity index (χ0v) is 15.9. The Morgan fingerprint density at radius 2 is 1.71 bits per heavy atom. The highest BCUT2D eigenvalue weighted by Crippen LogP contribution is 2.20. The van der Waals surface area contributed by atoms with Crippen LogP contribution in [0.5, 0.6) is 0 Å². The number of rotatable bonds is 7. The first-order valence-corrected chi connectivity index (χ1v) is 9.03. The number of pyridine rings is 1. The lowest BCUT2D eigenvalue weighted by Gasteiger charge is -2.13. The molecule has 0 bridgehead atoms. The van der Waals surface area contributed by atoms with E-state index in [1.165, 1.54) is 18.3 Å². The van der Waals surface area contributed by atoms with Gasteiger partial charge < -0.3 is 15.5 Å². The molecule has 3 rings (SSSR count). The van der Waals surface area contributed by atoms with E-state index in [1.807, 2.05) is 43.3 Å². The molecule has 0 aliphatic carbocycles. The lowest BCUT2D eigenvalue weighted by molar-refractivity contribution is 0.0954. The van der Waals surface area contributed by atoms with Crippen LogP contribution in [0.3, 0.4) is 0 Å². The molecule has 0 aliphatic heterocycles. The third-order valence-electron chi connectivity index (χ3n) is 4.29. The summed E-state index contributed by atoms with van der Waals surface area (Å²) in [5.74, 6) is -0.458. The Balaban J connectivity index is 1.57. The summed E-state index contributed by atoms with van der Waals surface area (Å²) in [5, 5.41) is 6.12. The average Bonchev–Trinajstić information content (AvgIpc) is 2.70. The van der Waals surface area contributed by atoms with Gasteiger partial charge in [0.15, 0.2) is 0 Å². The maximum Gasteiger partial charge on any atom is 0.252 e. The number of hydrogen-bond acceptors (Lipinski definition) is 4. The fourth-order valence-electron chi connectivity index (χ4n) is 2.72. The van der Waals surface area contributed by atoms with Crippen LogP contribution >= 0.6 is 0 Å². The van der Waals surface area contributed by atoms with Crippen LogP contribution in [0, 0.1) is 5.82 Å². The predicted octanol–water partition coefficient (Wildman–Crippen LogP) is 4.00. The monoisotopic (exact) mass is 378 g/mol. The third-order valence-corrected chi connectivity index (χ3v) is 4.29. The van der Waals surface area contributed by atoms with Gasteiger partial charge in [-0.25, -0.2) is 4.39 Å². The van der Waals surface area contributed by atoms with Crippen LogP contribution in [0.25, 0.3) is 0 Å². The minimum Gasteiger partial charge on any atom is -0.378 e. The number of carbonyl (C=O) groups excluding carboxylic acids is 1. The summed E-state index contributed by atoms with van der Waals surface area (Å²) in [6, 6.07) is 16.0. The van der Waals surface area contributed by atoms with Gasteiger partial charge in [0.05, 0.1) is 17.4 Å². The zero-order chi connectivity index (χ0) is 19.9. The number of nitrogens with zero attached hydrogens (tertiary/aromatic N) is 2. The SMILES string of the molecule is CN(C)c1ccc(Nc2cncc(C(=O)NCCc3ccc(F)cc3)c2)cc1. The van der Waals surface area contributed by atoms with Gasteiger partial charge in [-0.05, 0) is 54.4 Å². The Hall–Kier alpha value is -3.41. The van der Waals surface area contributed by atoms with Crippen LogP contribution in [-0.2, 0) is 6.42 Å². The van der Waals surface area contributed by atoms with Gasteiger partial charge >= 0.3 is 0 Å². The molecule has 2 N–H and O–H groups in total. The molecule has 0 fully saturated rings. The Morgan fingerprint density at radius 1 is 1.00 bits per heavy atom. The Labute approximate surface area is 164 Å². The largest absolute Gasteiger partial charge is 0.378 e. The summed E-state index contributed by atoms with van der Waals surface area (Å²) in [6.45, 7) is 0.466. The number of anilines is 3. The smallest absolute Gasteiger partial charge is 0.252 e. The molecule has 2 aromatic carbocycles. The van der Waals surface area contributed by atoms with Gasteiger partial charge in [-0.1, -0.05) is 12.1 Å². The summed E-state index contributed by atoms with van der Waals surface area (Å²) in [7, 11) is 3.98. The van der Waals surface area contributed by atoms with Crippen molar-refractivity contribution in [3.8, 4) is 0 Å². The predicted molar refractivity (Wildman–Crippen MR) is 111 cm³/mol. The van der Waals surface area contributed by atoms with Crippen molar-refractivity contribution in [1.82, 2.24) is 10.3 Å². The highest BCUT2D eigenvalue weighted by atomic mass is 19.1. The van der Waals surface area contributed by atoms with Crippen LogP contribution in [0.1, 0.15) is 15.9 Å². The molecule has 0 saturated heterocycles. The molecule has 0 radical (unpaired) electrons. The molecular weight excluding hydrogens is 355 g/mol. The summed E-state index contributed by atoms with van der Waals surface area (Å²) < 4.78 is 12.9. The van der Waals surface area contributed by atoms with Crippen molar-refractivity contribution in [2.75, 3.05) is 30.9 Å². The Bertz CT molecular complexity index is 924. The maximum atomic E-state index is 12.9. The van der Waals surface area contributed by atoms with Gasteiger partial charge in [-0.15, -0.1) is 0 Å². The zero-order valence-electron chi connectivity index (χ0n) is 15.9. The van der Waals surface area contributed by atoms with E-state index < -0.39 is 0 Å². The molecule has 3 aromatic rings. The number of aromatic nitrogens is 1. The quantitative estimate of drug-likeness (QED) is 0.652. The second kappa shape index (κ2) is 8.99. The van der Waals surface area contributed by atoms with Gasteiger partial charge in [0.2, 0.25) is 0 Å².